The molecular formula is C18H30FN3O2. The average molecular weight is 339 g/mol. The molecular weight excluding hydrogens is 309 g/mol. The van der Waals surface area contributed by atoms with Gasteiger partial charge in [0.05, 0.1) is 13.2 Å². The maximum Gasteiger partial charge on any atom is 0.191 e. The molecule has 0 fully saturated rings. The van der Waals surface area contributed by atoms with Crippen molar-refractivity contribution in [2.45, 2.75) is 25.7 Å². The smallest absolute Gasteiger partial charge is 0.191 e. The number of benzene rings is 1. The highest BCUT2D eigenvalue weighted by atomic mass is 19.1. The van der Waals surface area contributed by atoms with Crippen molar-refractivity contribution in [2.24, 2.45) is 4.99 Å². The van der Waals surface area contributed by atoms with Gasteiger partial charge in [0.1, 0.15) is 5.82 Å². The lowest BCUT2D eigenvalue weighted by molar-refractivity contribution is 0.0698. The minimum Gasteiger partial charge on any atom is -0.382 e. The molecule has 0 aliphatic heterocycles. The molecule has 1 aromatic carbocycles. The summed E-state index contributed by atoms with van der Waals surface area (Å²) in [5.41, 5.74) is 0.750. The molecule has 1 aromatic rings. The first-order valence-electron chi connectivity index (χ1n) is 8.27. The molecule has 0 amide bonds. The lowest BCUT2D eigenvalue weighted by Crippen LogP contribution is -2.43. The second-order valence-electron chi connectivity index (χ2n) is 6.21. The molecule has 0 spiro atoms. The Morgan fingerprint density at radius 3 is 2.67 bits per heavy atom. The molecule has 0 aliphatic rings. The van der Waals surface area contributed by atoms with E-state index in [9.17, 15) is 4.39 Å². The SMILES string of the molecule is CN=C(NCCCOCCOC)NCC(C)(C)c1cccc(F)c1. The van der Waals surface area contributed by atoms with Gasteiger partial charge in [0, 0.05) is 39.3 Å². The van der Waals surface area contributed by atoms with E-state index in [1.54, 1.807) is 26.3 Å². The molecule has 0 heterocycles. The first kappa shape index (κ1) is 20.4. The van der Waals surface area contributed by atoms with Gasteiger partial charge in [-0.15, -0.1) is 0 Å². The lowest BCUT2D eigenvalue weighted by atomic mass is 9.84. The zero-order valence-corrected chi connectivity index (χ0v) is 15.2. The highest BCUT2D eigenvalue weighted by Crippen LogP contribution is 2.22. The lowest BCUT2D eigenvalue weighted by Gasteiger charge is -2.26. The summed E-state index contributed by atoms with van der Waals surface area (Å²) in [6.45, 7) is 7.49. The van der Waals surface area contributed by atoms with E-state index in [0.29, 0.717) is 26.4 Å². The summed E-state index contributed by atoms with van der Waals surface area (Å²) < 4.78 is 23.7. The Kier molecular flexibility index (Phi) is 9.34. The molecule has 0 aromatic heterocycles. The third-order valence-corrected chi connectivity index (χ3v) is 3.72. The van der Waals surface area contributed by atoms with Gasteiger partial charge in [-0.05, 0) is 24.1 Å². The zero-order valence-electron chi connectivity index (χ0n) is 15.2. The van der Waals surface area contributed by atoms with Crippen molar-refractivity contribution >= 4 is 5.96 Å². The minimum absolute atomic E-state index is 0.205. The van der Waals surface area contributed by atoms with Crippen LogP contribution in [-0.2, 0) is 14.9 Å². The van der Waals surface area contributed by atoms with E-state index in [2.05, 4.69) is 29.5 Å². The van der Waals surface area contributed by atoms with E-state index in [1.165, 1.54) is 6.07 Å². The Balaban J connectivity index is 2.33. The van der Waals surface area contributed by atoms with Crippen molar-refractivity contribution < 1.29 is 13.9 Å². The zero-order chi connectivity index (χ0) is 17.8. The van der Waals surface area contributed by atoms with Gasteiger partial charge in [-0.25, -0.2) is 4.39 Å². The van der Waals surface area contributed by atoms with Crippen LogP contribution in [0.25, 0.3) is 0 Å². The Morgan fingerprint density at radius 1 is 1.21 bits per heavy atom. The number of halogens is 1. The normalized spacial score (nSPS) is 12.3. The Bertz CT molecular complexity index is 507. The van der Waals surface area contributed by atoms with Crippen LogP contribution in [0.5, 0.6) is 0 Å². The number of aliphatic imine (C=N–C) groups is 1. The largest absolute Gasteiger partial charge is 0.382 e. The highest BCUT2D eigenvalue weighted by molar-refractivity contribution is 5.79. The molecule has 0 unspecified atom stereocenters. The molecule has 24 heavy (non-hydrogen) atoms. The summed E-state index contributed by atoms with van der Waals surface area (Å²) >= 11 is 0. The summed E-state index contributed by atoms with van der Waals surface area (Å²) in [6, 6.07) is 6.72. The fourth-order valence-corrected chi connectivity index (χ4v) is 2.16. The molecule has 0 radical (unpaired) electrons. The molecule has 1 rings (SSSR count). The molecule has 0 aliphatic carbocycles. The maximum atomic E-state index is 13.4. The average Bonchev–Trinajstić information content (AvgIpc) is 2.56. The molecule has 136 valence electrons. The molecule has 0 atom stereocenters. The predicted octanol–water partition coefficient (Wildman–Crippen LogP) is 2.32. The number of nitrogens with one attached hydrogen (secondary N) is 2. The van der Waals surface area contributed by atoms with Crippen molar-refractivity contribution in [3.63, 3.8) is 0 Å². The van der Waals surface area contributed by atoms with E-state index < -0.39 is 0 Å². The van der Waals surface area contributed by atoms with Gasteiger partial charge in [0.2, 0.25) is 0 Å². The molecule has 0 saturated carbocycles. The number of hydrogen-bond donors (Lipinski definition) is 2. The summed E-state index contributed by atoms with van der Waals surface area (Å²) in [6.07, 6.45) is 0.887. The van der Waals surface area contributed by atoms with Crippen LogP contribution < -0.4 is 10.6 Å². The fourth-order valence-electron chi connectivity index (χ4n) is 2.16. The van der Waals surface area contributed by atoms with Crippen molar-refractivity contribution in [2.75, 3.05) is 47.1 Å². The van der Waals surface area contributed by atoms with Crippen LogP contribution in [-0.4, -0.2) is 53.0 Å². The molecule has 0 bridgehead atoms. The third-order valence-electron chi connectivity index (χ3n) is 3.72. The number of hydrogen-bond acceptors (Lipinski definition) is 3. The number of methoxy groups -OCH3 is 1. The van der Waals surface area contributed by atoms with Crippen LogP contribution in [0.15, 0.2) is 29.3 Å². The van der Waals surface area contributed by atoms with Crippen molar-refractivity contribution in [3.8, 4) is 0 Å². The summed E-state index contributed by atoms with van der Waals surface area (Å²) in [5, 5.41) is 6.54. The second-order valence-corrected chi connectivity index (χ2v) is 6.21. The van der Waals surface area contributed by atoms with Crippen molar-refractivity contribution in [3.05, 3.63) is 35.6 Å². The van der Waals surface area contributed by atoms with Crippen LogP contribution in [0.2, 0.25) is 0 Å². The van der Waals surface area contributed by atoms with E-state index in [0.717, 1.165) is 24.5 Å². The van der Waals surface area contributed by atoms with Gasteiger partial charge in [0.15, 0.2) is 5.96 Å². The topological polar surface area (TPSA) is 54.9 Å². The molecule has 6 heteroatoms. The number of guanidine groups is 1. The minimum atomic E-state index is -0.212. The monoisotopic (exact) mass is 339 g/mol. The van der Waals surface area contributed by atoms with Crippen molar-refractivity contribution in [1.29, 1.82) is 0 Å². The highest BCUT2D eigenvalue weighted by Gasteiger charge is 2.21. The Hall–Kier alpha value is -1.66. The van der Waals surface area contributed by atoms with Gasteiger partial charge in [-0.2, -0.15) is 0 Å². The standard InChI is InChI=1S/C18H30FN3O2/c1-18(2,15-7-5-8-16(19)13-15)14-22-17(20-3)21-9-6-10-24-12-11-23-4/h5,7-8,13H,6,9-12,14H2,1-4H3,(H2,20,21,22). The predicted molar refractivity (Wildman–Crippen MR) is 96.1 cm³/mol. The van der Waals surface area contributed by atoms with Crippen LogP contribution in [0.1, 0.15) is 25.8 Å². The van der Waals surface area contributed by atoms with Gasteiger partial charge in [0.25, 0.3) is 0 Å². The van der Waals surface area contributed by atoms with Gasteiger partial charge in [-0.3, -0.25) is 4.99 Å². The Morgan fingerprint density at radius 2 is 2.00 bits per heavy atom. The summed E-state index contributed by atoms with van der Waals surface area (Å²) in [5.74, 6) is 0.521. The molecule has 2 N–H and O–H groups in total. The van der Waals surface area contributed by atoms with E-state index in [4.69, 9.17) is 9.47 Å². The number of rotatable bonds is 10. The van der Waals surface area contributed by atoms with Gasteiger partial charge >= 0.3 is 0 Å². The van der Waals surface area contributed by atoms with Crippen LogP contribution in [0.3, 0.4) is 0 Å². The quantitative estimate of drug-likeness (QED) is 0.390. The first-order valence-corrected chi connectivity index (χ1v) is 8.27. The van der Waals surface area contributed by atoms with Gasteiger partial charge in [-0.1, -0.05) is 26.0 Å². The van der Waals surface area contributed by atoms with Gasteiger partial charge < -0.3 is 20.1 Å². The van der Waals surface area contributed by atoms with Crippen LogP contribution in [0.4, 0.5) is 4.39 Å². The number of ether oxygens (including phenoxy) is 2. The second kappa shape index (κ2) is 11.0. The van der Waals surface area contributed by atoms with E-state index >= 15 is 0 Å². The molecule has 0 saturated heterocycles. The van der Waals surface area contributed by atoms with Crippen LogP contribution >= 0.6 is 0 Å². The fraction of sp³-hybridized carbons (Fsp3) is 0.611. The number of nitrogens with zero attached hydrogens (tertiary/aromatic N) is 1. The summed E-state index contributed by atoms with van der Waals surface area (Å²) in [7, 11) is 3.39. The Labute approximate surface area is 144 Å². The van der Waals surface area contributed by atoms with E-state index in [1.807, 2.05) is 6.07 Å². The van der Waals surface area contributed by atoms with Crippen molar-refractivity contribution in [1.82, 2.24) is 10.6 Å². The van der Waals surface area contributed by atoms with E-state index in [-0.39, 0.29) is 11.2 Å². The maximum absolute atomic E-state index is 13.4. The molecule has 5 nitrogen and oxygen atoms in total. The van der Waals surface area contributed by atoms with Crippen LogP contribution in [0, 0.1) is 5.82 Å². The first-order chi connectivity index (χ1) is 11.5. The summed E-state index contributed by atoms with van der Waals surface area (Å²) in [4.78, 5) is 4.21. The third kappa shape index (κ3) is 7.75.